The number of hydrogen-bond acceptors (Lipinski definition) is 3. The predicted molar refractivity (Wildman–Crippen MR) is 77.1 cm³/mol. The zero-order valence-electron chi connectivity index (χ0n) is 10.3. The smallest absolute Gasteiger partial charge is 0.330 e. The van der Waals surface area contributed by atoms with Crippen LogP contribution >= 0.6 is 15.9 Å². The second-order valence-corrected chi connectivity index (χ2v) is 5.08. The van der Waals surface area contributed by atoms with Gasteiger partial charge in [0.25, 0.3) is 0 Å². The van der Waals surface area contributed by atoms with Gasteiger partial charge in [-0.1, -0.05) is 18.2 Å². The monoisotopic (exact) mass is 320 g/mol. The minimum atomic E-state index is -0.942. The van der Waals surface area contributed by atoms with E-state index in [0.717, 1.165) is 15.7 Å². The van der Waals surface area contributed by atoms with Gasteiger partial charge in [-0.2, -0.15) is 0 Å². The zero-order valence-corrected chi connectivity index (χ0v) is 11.9. The lowest BCUT2D eigenvalue weighted by Crippen LogP contribution is -2.21. The number of pyridine rings is 1. The van der Waals surface area contributed by atoms with E-state index >= 15 is 0 Å². The Balaban J connectivity index is 2.32. The van der Waals surface area contributed by atoms with Gasteiger partial charge in [-0.25, -0.2) is 4.79 Å². The Labute approximate surface area is 119 Å². The fraction of sp³-hybridized carbons (Fsp3) is 0.143. The normalized spacial score (nSPS) is 11.9. The van der Waals surface area contributed by atoms with Crippen LogP contribution in [0.4, 0.5) is 5.69 Å². The second-order valence-electron chi connectivity index (χ2n) is 4.17. The first-order chi connectivity index (χ1) is 9.08. The maximum absolute atomic E-state index is 11.4. The number of anilines is 1. The Kier molecular flexibility index (Phi) is 4.16. The maximum Gasteiger partial charge on any atom is 0.330 e. The number of carboxylic acids is 1. The molecule has 4 nitrogen and oxygen atoms in total. The molecular formula is C14H13BrN2O2. The number of para-hydroxylation sites is 1. The van der Waals surface area contributed by atoms with Crippen LogP contribution in [0.5, 0.6) is 0 Å². The average Bonchev–Trinajstić information content (AvgIpc) is 2.37. The van der Waals surface area contributed by atoms with Gasteiger partial charge in [-0.05, 0) is 40.5 Å². The van der Waals surface area contributed by atoms with Crippen molar-refractivity contribution in [2.45, 2.75) is 13.0 Å². The number of nitrogens with zero attached hydrogens (tertiary/aromatic N) is 1. The van der Waals surface area contributed by atoms with Gasteiger partial charge in [0.05, 0.1) is 0 Å². The number of hydrogen-bond donors (Lipinski definition) is 2. The summed E-state index contributed by atoms with van der Waals surface area (Å²) in [5, 5.41) is 12.4. The molecule has 2 rings (SSSR count). The molecule has 0 amide bonds. The third-order valence-corrected chi connectivity index (χ3v) is 3.18. The topological polar surface area (TPSA) is 62.2 Å². The van der Waals surface area contributed by atoms with Crippen molar-refractivity contribution in [1.29, 1.82) is 0 Å². The van der Waals surface area contributed by atoms with E-state index in [1.807, 2.05) is 31.2 Å². The minimum absolute atomic E-state index is 0.602. The minimum Gasteiger partial charge on any atom is -0.479 e. The molecule has 0 radical (unpaired) electrons. The van der Waals surface area contributed by atoms with Crippen molar-refractivity contribution in [3.8, 4) is 0 Å². The van der Waals surface area contributed by atoms with Crippen LogP contribution in [0.25, 0.3) is 0 Å². The van der Waals surface area contributed by atoms with Crippen LogP contribution in [-0.2, 0) is 4.79 Å². The molecule has 1 heterocycles. The highest BCUT2D eigenvalue weighted by atomic mass is 79.9. The molecule has 0 saturated heterocycles. The number of aliphatic carboxylic acids is 1. The van der Waals surface area contributed by atoms with Crippen LogP contribution in [-0.4, -0.2) is 16.1 Å². The van der Waals surface area contributed by atoms with Crippen LogP contribution in [0.3, 0.4) is 0 Å². The summed E-state index contributed by atoms with van der Waals surface area (Å²) >= 11 is 3.30. The number of halogens is 1. The lowest BCUT2D eigenvalue weighted by molar-refractivity contribution is -0.138. The number of nitrogens with one attached hydrogen (secondary N) is 1. The SMILES string of the molecule is Cc1ccccc1NC(C(=O)O)c1cncc(Br)c1. The van der Waals surface area contributed by atoms with Gasteiger partial charge in [0.15, 0.2) is 6.04 Å². The first kappa shape index (κ1) is 13.5. The van der Waals surface area contributed by atoms with Crippen molar-refractivity contribution >= 4 is 27.6 Å². The highest BCUT2D eigenvalue weighted by molar-refractivity contribution is 9.10. The van der Waals surface area contributed by atoms with Crippen molar-refractivity contribution in [2.24, 2.45) is 0 Å². The van der Waals surface area contributed by atoms with Crippen LogP contribution < -0.4 is 5.32 Å². The molecule has 0 aliphatic rings. The first-order valence-corrected chi connectivity index (χ1v) is 6.52. The van der Waals surface area contributed by atoms with Crippen LogP contribution in [0.15, 0.2) is 47.2 Å². The van der Waals surface area contributed by atoms with Crippen molar-refractivity contribution < 1.29 is 9.90 Å². The molecule has 1 aromatic heterocycles. The highest BCUT2D eigenvalue weighted by Gasteiger charge is 2.20. The summed E-state index contributed by atoms with van der Waals surface area (Å²) in [4.78, 5) is 15.4. The number of carbonyl (C=O) groups is 1. The summed E-state index contributed by atoms with van der Waals surface area (Å²) in [7, 11) is 0. The number of aryl methyl sites for hydroxylation is 1. The molecule has 0 aliphatic heterocycles. The van der Waals surface area contributed by atoms with Gasteiger partial charge in [0, 0.05) is 28.1 Å². The van der Waals surface area contributed by atoms with E-state index < -0.39 is 12.0 Å². The molecule has 2 N–H and O–H groups in total. The standard InChI is InChI=1S/C14H13BrN2O2/c1-9-4-2-3-5-12(9)17-13(14(18)19)10-6-11(15)8-16-7-10/h2-8,13,17H,1H3,(H,18,19). The summed E-state index contributed by atoms with van der Waals surface area (Å²) in [5.74, 6) is -0.942. The first-order valence-electron chi connectivity index (χ1n) is 5.73. The van der Waals surface area contributed by atoms with E-state index in [2.05, 4.69) is 26.2 Å². The predicted octanol–water partition coefficient (Wildman–Crippen LogP) is 3.39. The molecule has 1 unspecified atom stereocenters. The van der Waals surface area contributed by atoms with Gasteiger partial charge < -0.3 is 10.4 Å². The maximum atomic E-state index is 11.4. The summed E-state index contributed by atoms with van der Waals surface area (Å²) < 4.78 is 0.753. The largest absolute Gasteiger partial charge is 0.479 e. The van der Waals surface area contributed by atoms with E-state index in [4.69, 9.17) is 0 Å². The van der Waals surface area contributed by atoms with E-state index in [0.29, 0.717) is 5.56 Å². The van der Waals surface area contributed by atoms with Crippen molar-refractivity contribution in [2.75, 3.05) is 5.32 Å². The lowest BCUT2D eigenvalue weighted by Gasteiger charge is -2.17. The Morgan fingerprint density at radius 3 is 2.74 bits per heavy atom. The van der Waals surface area contributed by atoms with Crippen LogP contribution in [0.1, 0.15) is 17.2 Å². The molecule has 5 heteroatoms. The molecule has 0 aliphatic carbocycles. The van der Waals surface area contributed by atoms with Crippen LogP contribution in [0.2, 0.25) is 0 Å². The molecule has 98 valence electrons. The Morgan fingerprint density at radius 2 is 2.11 bits per heavy atom. The molecule has 0 spiro atoms. The third kappa shape index (κ3) is 3.32. The Bertz CT molecular complexity index is 602. The second kappa shape index (κ2) is 5.84. The number of rotatable bonds is 4. The van der Waals surface area contributed by atoms with Gasteiger partial charge in [0.2, 0.25) is 0 Å². The zero-order chi connectivity index (χ0) is 13.8. The number of carboxylic acid groups (broad SMARTS) is 1. The third-order valence-electron chi connectivity index (χ3n) is 2.75. The quantitative estimate of drug-likeness (QED) is 0.906. The fourth-order valence-corrected chi connectivity index (χ4v) is 2.15. The van der Waals surface area contributed by atoms with E-state index in [1.54, 1.807) is 18.5 Å². The van der Waals surface area contributed by atoms with E-state index in [1.165, 1.54) is 0 Å². The fourth-order valence-electron chi connectivity index (χ4n) is 1.76. The summed E-state index contributed by atoms with van der Waals surface area (Å²) in [5.41, 5.74) is 2.40. The molecule has 2 aromatic rings. The van der Waals surface area contributed by atoms with Gasteiger partial charge in [-0.3, -0.25) is 4.98 Å². The number of benzene rings is 1. The van der Waals surface area contributed by atoms with Gasteiger partial charge >= 0.3 is 5.97 Å². The molecule has 19 heavy (non-hydrogen) atoms. The molecule has 0 saturated carbocycles. The van der Waals surface area contributed by atoms with Gasteiger partial charge in [0.1, 0.15) is 0 Å². The molecule has 0 fully saturated rings. The molecule has 0 bridgehead atoms. The average molecular weight is 321 g/mol. The van der Waals surface area contributed by atoms with Crippen molar-refractivity contribution in [3.05, 3.63) is 58.3 Å². The molecular weight excluding hydrogens is 308 g/mol. The van der Waals surface area contributed by atoms with Crippen LogP contribution in [0, 0.1) is 6.92 Å². The highest BCUT2D eigenvalue weighted by Crippen LogP contribution is 2.23. The molecule has 1 atom stereocenters. The number of aromatic nitrogens is 1. The van der Waals surface area contributed by atoms with Gasteiger partial charge in [-0.15, -0.1) is 0 Å². The summed E-state index contributed by atoms with van der Waals surface area (Å²) in [6.07, 6.45) is 3.17. The lowest BCUT2D eigenvalue weighted by atomic mass is 10.1. The Morgan fingerprint density at radius 1 is 1.37 bits per heavy atom. The van der Waals surface area contributed by atoms with E-state index in [-0.39, 0.29) is 0 Å². The summed E-state index contributed by atoms with van der Waals surface area (Å²) in [6.45, 7) is 1.93. The molecule has 1 aromatic carbocycles. The van der Waals surface area contributed by atoms with Crippen molar-refractivity contribution in [1.82, 2.24) is 4.98 Å². The van der Waals surface area contributed by atoms with E-state index in [9.17, 15) is 9.90 Å². The summed E-state index contributed by atoms with van der Waals surface area (Å²) in [6, 6.07) is 8.49. The Hall–Kier alpha value is -1.88. The van der Waals surface area contributed by atoms with Crippen molar-refractivity contribution in [3.63, 3.8) is 0 Å².